The van der Waals surface area contributed by atoms with Gasteiger partial charge in [-0.2, -0.15) is 0 Å². The van der Waals surface area contributed by atoms with Crippen molar-refractivity contribution in [2.75, 3.05) is 13.2 Å². The second-order valence-electron chi connectivity index (χ2n) is 5.74. The second kappa shape index (κ2) is 8.24. The van der Waals surface area contributed by atoms with Crippen molar-refractivity contribution in [1.82, 2.24) is 0 Å². The van der Waals surface area contributed by atoms with E-state index in [9.17, 15) is 4.79 Å². The van der Waals surface area contributed by atoms with Gasteiger partial charge in [0.1, 0.15) is 12.2 Å². The minimum absolute atomic E-state index is 0.264. The minimum atomic E-state index is -0.642. The van der Waals surface area contributed by atoms with E-state index in [-0.39, 0.29) is 18.2 Å². The molecule has 2 atom stereocenters. The highest BCUT2D eigenvalue weighted by Gasteiger charge is 2.37. The van der Waals surface area contributed by atoms with Crippen molar-refractivity contribution in [2.24, 2.45) is 0 Å². The quantitative estimate of drug-likeness (QED) is 0.571. The second-order valence-corrected chi connectivity index (χ2v) is 5.74. The van der Waals surface area contributed by atoms with Crippen LogP contribution in [-0.2, 0) is 30.3 Å². The van der Waals surface area contributed by atoms with Crippen molar-refractivity contribution < 1.29 is 23.7 Å². The summed E-state index contributed by atoms with van der Waals surface area (Å²) in [6.45, 7) is 6.67. The van der Waals surface area contributed by atoms with Gasteiger partial charge in [0.15, 0.2) is 5.79 Å². The molecule has 5 nitrogen and oxygen atoms in total. The Labute approximate surface area is 137 Å². The van der Waals surface area contributed by atoms with Crippen molar-refractivity contribution in [2.45, 2.75) is 45.4 Å². The van der Waals surface area contributed by atoms with Crippen LogP contribution in [0.15, 0.2) is 42.5 Å². The fraction of sp³-hybridized carbons (Fsp3) is 0.500. The number of ether oxygens (including phenoxy) is 4. The predicted octanol–water partition coefficient (Wildman–Crippen LogP) is 2.84. The zero-order valence-corrected chi connectivity index (χ0v) is 13.9. The van der Waals surface area contributed by atoms with Crippen LogP contribution in [0.25, 0.3) is 0 Å². The molecule has 0 unspecified atom stereocenters. The maximum atomic E-state index is 11.5. The third kappa shape index (κ3) is 5.78. The lowest BCUT2D eigenvalue weighted by molar-refractivity contribution is -0.152. The van der Waals surface area contributed by atoms with Gasteiger partial charge in [-0.15, -0.1) is 0 Å². The molecule has 0 aromatic heterocycles. The summed E-state index contributed by atoms with van der Waals surface area (Å²) in [4.78, 5) is 11.5. The Morgan fingerprint density at radius 2 is 2.13 bits per heavy atom. The van der Waals surface area contributed by atoms with Crippen LogP contribution in [0.1, 0.15) is 26.3 Å². The van der Waals surface area contributed by atoms with Gasteiger partial charge in [0, 0.05) is 6.08 Å². The van der Waals surface area contributed by atoms with Gasteiger partial charge < -0.3 is 18.9 Å². The fourth-order valence-electron chi connectivity index (χ4n) is 2.29. The molecule has 23 heavy (non-hydrogen) atoms. The molecule has 0 amide bonds. The summed E-state index contributed by atoms with van der Waals surface area (Å²) in [7, 11) is 0. The molecule has 126 valence electrons. The maximum Gasteiger partial charge on any atom is 0.330 e. The number of esters is 1. The van der Waals surface area contributed by atoms with E-state index in [0.717, 1.165) is 5.56 Å². The van der Waals surface area contributed by atoms with E-state index in [4.69, 9.17) is 18.9 Å². The highest BCUT2D eigenvalue weighted by atomic mass is 16.7. The van der Waals surface area contributed by atoms with Gasteiger partial charge >= 0.3 is 5.97 Å². The molecule has 1 aromatic rings. The van der Waals surface area contributed by atoms with E-state index in [1.165, 1.54) is 6.08 Å². The zero-order valence-electron chi connectivity index (χ0n) is 13.9. The van der Waals surface area contributed by atoms with Crippen LogP contribution >= 0.6 is 0 Å². The molecule has 0 aliphatic carbocycles. The van der Waals surface area contributed by atoms with Gasteiger partial charge in [0.05, 0.1) is 19.8 Å². The molecular weight excluding hydrogens is 296 g/mol. The molecule has 1 fully saturated rings. The van der Waals surface area contributed by atoms with E-state index in [2.05, 4.69) is 0 Å². The first-order valence-corrected chi connectivity index (χ1v) is 7.82. The molecule has 1 saturated heterocycles. The molecule has 0 bridgehead atoms. The van der Waals surface area contributed by atoms with Gasteiger partial charge in [-0.05, 0) is 32.4 Å². The summed E-state index contributed by atoms with van der Waals surface area (Å²) in [6, 6.07) is 9.85. The predicted molar refractivity (Wildman–Crippen MR) is 85.7 cm³/mol. The number of rotatable bonds is 7. The Morgan fingerprint density at radius 1 is 1.39 bits per heavy atom. The van der Waals surface area contributed by atoms with E-state index >= 15 is 0 Å². The number of benzene rings is 1. The Balaban J connectivity index is 2.00. The Morgan fingerprint density at radius 3 is 2.74 bits per heavy atom. The number of hydrogen-bond donors (Lipinski definition) is 0. The summed E-state index contributed by atoms with van der Waals surface area (Å²) in [5, 5.41) is 0. The van der Waals surface area contributed by atoms with Crippen molar-refractivity contribution in [3.63, 3.8) is 0 Å². The summed E-state index contributed by atoms with van der Waals surface area (Å²) in [6.07, 6.45) is 2.41. The molecule has 1 aliphatic heterocycles. The van der Waals surface area contributed by atoms with E-state index in [0.29, 0.717) is 19.8 Å². The zero-order chi connectivity index (χ0) is 16.7. The van der Waals surface area contributed by atoms with Crippen molar-refractivity contribution in [3.05, 3.63) is 48.0 Å². The number of hydrogen-bond acceptors (Lipinski definition) is 5. The molecule has 0 spiro atoms. The van der Waals surface area contributed by atoms with Crippen molar-refractivity contribution in [3.8, 4) is 0 Å². The molecule has 2 rings (SSSR count). The van der Waals surface area contributed by atoms with Crippen LogP contribution in [-0.4, -0.2) is 37.2 Å². The molecule has 1 aromatic carbocycles. The Hall–Kier alpha value is -1.69. The third-order valence-electron chi connectivity index (χ3n) is 3.39. The van der Waals surface area contributed by atoms with Crippen molar-refractivity contribution >= 4 is 5.97 Å². The Bertz CT molecular complexity index is 523. The molecule has 1 aliphatic rings. The van der Waals surface area contributed by atoms with Crippen LogP contribution in [0.4, 0.5) is 0 Å². The monoisotopic (exact) mass is 320 g/mol. The summed E-state index contributed by atoms with van der Waals surface area (Å²) in [5.74, 6) is -1.03. The average Bonchev–Trinajstić information content (AvgIpc) is 2.88. The smallest absolute Gasteiger partial charge is 0.330 e. The van der Waals surface area contributed by atoms with E-state index in [1.807, 2.05) is 44.2 Å². The first kappa shape index (κ1) is 17.7. The molecule has 5 heteroatoms. The van der Waals surface area contributed by atoms with Gasteiger partial charge in [-0.1, -0.05) is 30.3 Å². The largest absolute Gasteiger partial charge is 0.463 e. The molecular formula is C18H24O5. The van der Waals surface area contributed by atoms with Crippen molar-refractivity contribution in [1.29, 1.82) is 0 Å². The van der Waals surface area contributed by atoms with E-state index < -0.39 is 5.79 Å². The minimum Gasteiger partial charge on any atom is -0.463 e. The summed E-state index contributed by atoms with van der Waals surface area (Å²) < 4.78 is 22.3. The molecule has 0 saturated carbocycles. The molecule has 1 heterocycles. The SMILES string of the molecule is CCOC(=O)/C=C/[C@@H](OCc1ccccc1)[C@@H]1COC(C)(C)O1. The lowest BCUT2D eigenvalue weighted by Crippen LogP contribution is -2.31. The fourth-order valence-corrected chi connectivity index (χ4v) is 2.29. The van der Waals surface area contributed by atoms with Crippen LogP contribution in [0.2, 0.25) is 0 Å². The maximum absolute atomic E-state index is 11.5. The van der Waals surface area contributed by atoms with Gasteiger partial charge in [-0.25, -0.2) is 4.79 Å². The number of carbonyl (C=O) groups excluding carboxylic acids is 1. The highest BCUT2D eigenvalue weighted by molar-refractivity contribution is 5.81. The van der Waals surface area contributed by atoms with Crippen LogP contribution < -0.4 is 0 Å². The standard InChI is InChI=1S/C18H24O5/c1-4-20-17(19)11-10-15(16-13-22-18(2,3)23-16)21-12-14-8-6-5-7-9-14/h5-11,15-16H,4,12-13H2,1-3H3/b11-10+/t15-,16+/m1/s1. The summed E-state index contributed by atoms with van der Waals surface area (Å²) in [5.41, 5.74) is 1.06. The topological polar surface area (TPSA) is 54.0 Å². The molecule has 0 N–H and O–H groups in total. The lowest BCUT2D eigenvalue weighted by atomic mass is 10.2. The normalized spacial score (nSPS) is 21.4. The highest BCUT2D eigenvalue weighted by Crippen LogP contribution is 2.26. The average molecular weight is 320 g/mol. The first-order chi connectivity index (χ1) is 11.0. The van der Waals surface area contributed by atoms with Crippen LogP contribution in [0.3, 0.4) is 0 Å². The number of carbonyl (C=O) groups is 1. The summed E-state index contributed by atoms with van der Waals surface area (Å²) >= 11 is 0. The lowest BCUT2D eigenvalue weighted by Gasteiger charge is -2.22. The van der Waals surface area contributed by atoms with Gasteiger partial charge in [-0.3, -0.25) is 0 Å². The Kier molecular flexibility index (Phi) is 6.33. The van der Waals surface area contributed by atoms with E-state index in [1.54, 1.807) is 13.0 Å². The molecule has 0 radical (unpaired) electrons. The third-order valence-corrected chi connectivity index (χ3v) is 3.39. The van der Waals surface area contributed by atoms with Crippen LogP contribution in [0.5, 0.6) is 0 Å². The first-order valence-electron chi connectivity index (χ1n) is 7.82. The van der Waals surface area contributed by atoms with Gasteiger partial charge in [0.2, 0.25) is 0 Å². The van der Waals surface area contributed by atoms with Crippen LogP contribution in [0, 0.1) is 0 Å². The van der Waals surface area contributed by atoms with Gasteiger partial charge in [0.25, 0.3) is 0 Å².